The smallest absolute Gasteiger partial charge is 0.382 e. The average Bonchev–Trinajstić information content (AvgIpc) is 2.03. The van der Waals surface area contributed by atoms with E-state index in [1.54, 1.807) is 5.92 Å². The first-order valence-corrected chi connectivity index (χ1v) is 3.30. The summed E-state index contributed by atoms with van der Waals surface area (Å²) in [6, 6.07) is 3.19. The molecule has 0 heterocycles. The van der Waals surface area contributed by atoms with Crippen molar-refractivity contribution in [3.05, 3.63) is 35.4 Å². The number of carboxylic acid groups (broad SMARTS) is 1. The van der Waals surface area contributed by atoms with Crippen molar-refractivity contribution in [2.75, 3.05) is 0 Å². The molecule has 0 spiro atoms. The molecule has 0 saturated heterocycles. The lowest BCUT2D eigenvalue weighted by Crippen LogP contribution is -1.92. The lowest BCUT2D eigenvalue weighted by molar-refractivity contribution is -0.130. The molecule has 13 heavy (non-hydrogen) atoms. The number of hydrogen-bond acceptors (Lipinski definition) is 1. The lowest BCUT2D eigenvalue weighted by Gasteiger charge is -1.93. The highest BCUT2D eigenvalue weighted by atomic mass is 19.1. The quantitative estimate of drug-likeness (QED) is 0.616. The van der Waals surface area contributed by atoms with Crippen molar-refractivity contribution in [2.24, 2.45) is 0 Å². The Labute approximate surface area is 72.8 Å². The largest absolute Gasteiger partial charge is 0.472 e. The maximum atomic E-state index is 12.8. The summed E-state index contributed by atoms with van der Waals surface area (Å²) in [5.41, 5.74) is -0.523. The van der Waals surface area contributed by atoms with E-state index < -0.39 is 23.2 Å². The number of halogens is 2. The zero-order chi connectivity index (χ0) is 9.84. The van der Waals surface area contributed by atoms with E-state index in [4.69, 9.17) is 5.11 Å². The average molecular weight is 182 g/mol. The van der Waals surface area contributed by atoms with Crippen LogP contribution in [0, 0.1) is 23.5 Å². The number of rotatable bonds is 0. The highest BCUT2D eigenvalue weighted by Crippen LogP contribution is 2.09. The maximum absolute atomic E-state index is 12.8. The fourth-order valence-corrected chi connectivity index (χ4v) is 0.733. The summed E-state index contributed by atoms with van der Waals surface area (Å²) >= 11 is 0. The van der Waals surface area contributed by atoms with Crippen LogP contribution in [-0.2, 0) is 4.79 Å². The van der Waals surface area contributed by atoms with Gasteiger partial charge in [0.1, 0.15) is 11.6 Å². The van der Waals surface area contributed by atoms with Crippen LogP contribution in [0.5, 0.6) is 0 Å². The van der Waals surface area contributed by atoms with Gasteiger partial charge in [-0.1, -0.05) is 6.07 Å². The van der Waals surface area contributed by atoms with Crippen molar-refractivity contribution in [3.63, 3.8) is 0 Å². The molecule has 0 amide bonds. The third-order valence-corrected chi connectivity index (χ3v) is 1.26. The minimum Gasteiger partial charge on any atom is -0.472 e. The predicted octanol–water partition coefficient (Wildman–Crippen LogP) is 1.40. The van der Waals surface area contributed by atoms with Crippen LogP contribution in [0.4, 0.5) is 8.78 Å². The molecule has 0 atom stereocenters. The van der Waals surface area contributed by atoms with Gasteiger partial charge in [-0.25, -0.2) is 13.6 Å². The van der Waals surface area contributed by atoms with Crippen LogP contribution < -0.4 is 0 Å². The molecule has 4 heteroatoms. The fourth-order valence-electron chi connectivity index (χ4n) is 0.733. The van der Waals surface area contributed by atoms with Crippen LogP contribution in [0.25, 0.3) is 0 Å². The summed E-state index contributed by atoms with van der Waals surface area (Å²) < 4.78 is 25.5. The first-order valence-electron chi connectivity index (χ1n) is 3.30. The van der Waals surface area contributed by atoms with Crippen molar-refractivity contribution in [3.8, 4) is 11.8 Å². The Bertz CT molecular complexity index is 382. The van der Waals surface area contributed by atoms with Crippen molar-refractivity contribution in [2.45, 2.75) is 0 Å². The monoisotopic (exact) mass is 182 g/mol. The third kappa shape index (κ3) is 2.27. The van der Waals surface area contributed by atoms with Gasteiger partial charge in [-0.15, -0.1) is 0 Å². The Morgan fingerprint density at radius 1 is 1.31 bits per heavy atom. The Morgan fingerprint density at radius 3 is 2.31 bits per heavy atom. The summed E-state index contributed by atoms with van der Waals surface area (Å²) in [4.78, 5) is 9.98. The van der Waals surface area contributed by atoms with Gasteiger partial charge in [0, 0.05) is 5.92 Å². The molecule has 0 aliphatic rings. The Balaban J connectivity index is 3.16. The molecular weight excluding hydrogens is 178 g/mol. The first-order chi connectivity index (χ1) is 6.11. The SMILES string of the molecule is O=C(O)C#Cc1c(F)cccc1F. The van der Waals surface area contributed by atoms with Gasteiger partial charge in [-0.05, 0) is 18.1 Å². The first kappa shape index (κ1) is 9.20. The minimum atomic E-state index is -1.43. The second-order valence-corrected chi connectivity index (χ2v) is 2.15. The second kappa shape index (κ2) is 3.68. The molecule has 0 saturated carbocycles. The van der Waals surface area contributed by atoms with Gasteiger partial charge in [-0.2, -0.15) is 0 Å². The number of carboxylic acids is 1. The molecule has 0 unspecified atom stereocenters. The molecule has 0 fully saturated rings. The molecule has 1 aromatic rings. The van der Waals surface area contributed by atoms with E-state index in [1.165, 1.54) is 6.07 Å². The molecule has 2 nitrogen and oxygen atoms in total. The third-order valence-electron chi connectivity index (χ3n) is 1.26. The van der Waals surface area contributed by atoms with Crippen LogP contribution >= 0.6 is 0 Å². The summed E-state index contributed by atoms with van der Waals surface area (Å²) in [5, 5.41) is 8.14. The number of benzene rings is 1. The lowest BCUT2D eigenvalue weighted by atomic mass is 10.2. The van der Waals surface area contributed by atoms with Crippen LogP contribution in [0.15, 0.2) is 18.2 Å². The number of aliphatic carboxylic acids is 1. The normalized spacial score (nSPS) is 8.77. The van der Waals surface area contributed by atoms with E-state index in [9.17, 15) is 13.6 Å². The molecule has 1 N–H and O–H groups in total. The van der Waals surface area contributed by atoms with Gasteiger partial charge in [0.05, 0.1) is 5.56 Å². The molecule has 1 aromatic carbocycles. The molecule has 1 rings (SSSR count). The van der Waals surface area contributed by atoms with E-state index in [0.717, 1.165) is 12.1 Å². The molecule has 0 aliphatic heterocycles. The van der Waals surface area contributed by atoms with Gasteiger partial charge in [0.2, 0.25) is 0 Å². The van der Waals surface area contributed by atoms with Crippen molar-refractivity contribution in [1.29, 1.82) is 0 Å². The summed E-state index contributed by atoms with van der Waals surface area (Å²) in [6.07, 6.45) is 0. The van der Waals surface area contributed by atoms with Crippen LogP contribution in [0.3, 0.4) is 0 Å². The number of hydrogen-bond donors (Lipinski definition) is 1. The maximum Gasteiger partial charge on any atom is 0.382 e. The van der Waals surface area contributed by atoms with Gasteiger partial charge in [-0.3, -0.25) is 0 Å². The molecule has 0 aliphatic carbocycles. The second-order valence-electron chi connectivity index (χ2n) is 2.15. The predicted molar refractivity (Wildman–Crippen MR) is 40.9 cm³/mol. The van der Waals surface area contributed by atoms with E-state index >= 15 is 0 Å². The Kier molecular flexibility index (Phi) is 2.60. The van der Waals surface area contributed by atoms with E-state index in [2.05, 4.69) is 0 Å². The number of carbonyl (C=O) groups is 1. The molecule has 0 bridgehead atoms. The Hall–Kier alpha value is -1.89. The molecule has 0 radical (unpaired) electrons. The van der Waals surface area contributed by atoms with E-state index in [-0.39, 0.29) is 0 Å². The van der Waals surface area contributed by atoms with Crippen LogP contribution in [-0.4, -0.2) is 11.1 Å². The van der Waals surface area contributed by atoms with E-state index in [1.807, 2.05) is 5.92 Å². The molecule has 0 aromatic heterocycles. The molecular formula is C9H4F2O2. The van der Waals surface area contributed by atoms with Gasteiger partial charge < -0.3 is 5.11 Å². The standard InChI is InChI=1S/C9H4F2O2/c10-7-2-1-3-8(11)6(7)4-5-9(12)13/h1-3H,(H,12,13). The summed E-state index contributed by atoms with van der Waals surface area (Å²) in [6.45, 7) is 0. The minimum absolute atomic E-state index is 0.523. The van der Waals surface area contributed by atoms with Crippen LogP contribution in [0.1, 0.15) is 5.56 Å². The van der Waals surface area contributed by atoms with Crippen molar-refractivity contribution < 1.29 is 18.7 Å². The molecule has 66 valence electrons. The van der Waals surface area contributed by atoms with E-state index in [0.29, 0.717) is 0 Å². The van der Waals surface area contributed by atoms with Gasteiger partial charge in [0.15, 0.2) is 0 Å². The highest BCUT2D eigenvalue weighted by Gasteiger charge is 2.04. The van der Waals surface area contributed by atoms with Crippen LogP contribution in [0.2, 0.25) is 0 Å². The summed E-state index contributed by atoms with van der Waals surface area (Å²) in [5.74, 6) is 0.349. The Morgan fingerprint density at radius 2 is 1.85 bits per heavy atom. The van der Waals surface area contributed by atoms with Gasteiger partial charge in [0.25, 0.3) is 0 Å². The highest BCUT2D eigenvalue weighted by molar-refractivity contribution is 5.87. The zero-order valence-electron chi connectivity index (χ0n) is 6.34. The fraction of sp³-hybridized carbons (Fsp3) is 0. The summed E-state index contributed by atoms with van der Waals surface area (Å²) in [7, 11) is 0. The van der Waals surface area contributed by atoms with Crippen molar-refractivity contribution in [1.82, 2.24) is 0 Å². The topological polar surface area (TPSA) is 37.3 Å². The van der Waals surface area contributed by atoms with Crippen molar-refractivity contribution >= 4 is 5.97 Å². The zero-order valence-corrected chi connectivity index (χ0v) is 6.34. The van der Waals surface area contributed by atoms with Gasteiger partial charge >= 0.3 is 5.97 Å².